The first kappa shape index (κ1) is 68.6. The maximum atomic E-state index is 13.0. The van der Waals surface area contributed by atoms with Crippen LogP contribution in [0.2, 0.25) is 0 Å². The number of nitrogens with one attached hydrogen (secondary N) is 5. The van der Waals surface area contributed by atoms with Gasteiger partial charge in [0.15, 0.2) is 0 Å². The molecule has 0 radical (unpaired) electrons. The van der Waals surface area contributed by atoms with Gasteiger partial charge in [0.2, 0.25) is 0 Å². The van der Waals surface area contributed by atoms with E-state index >= 15 is 0 Å². The zero-order valence-electron chi connectivity index (χ0n) is 55.3. The van der Waals surface area contributed by atoms with Crippen molar-refractivity contribution in [3.63, 3.8) is 0 Å². The molecule has 29 nitrogen and oxygen atoms in total. The van der Waals surface area contributed by atoms with Gasteiger partial charge in [0.1, 0.15) is 71.2 Å². The van der Waals surface area contributed by atoms with Gasteiger partial charge in [-0.15, -0.1) is 0 Å². The maximum absolute atomic E-state index is 13.0. The predicted octanol–water partition coefficient (Wildman–Crippen LogP) is 8.99. The summed E-state index contributed by atoms with van der Waals surface area (Å²) in [5.74, 6) is 0.483. The van der Waals surface area contributed by atoms with Crippen LogP contribution in [0.15, 0.2) is 171 Å². The van der Waals surface area contributed by atoms with E-state index in [0.717, 1.165) is 22.4 Å². The highest BCUT2D eigenvalue weighted by atomic mass is 16.5. The van der Waals surface area contributed by atoms with E-state index in [1.165, 1.54) is 0 Å². The maximum Gasteiger partial charge on any atom is 0.274 e. The number of pyridine rings is 7. The topological polar surface area (TPSA) is 377 Å². The number of amides is 3. The Morgan fingerprint density at radius 1 is 0.469 bits per heavy atom. The highest BCUT2D eigenvalue weighted by Gasteiger charge is 2.23. The van der Waals surface area contributed by atoms with Gasteiger partial charge >= 0.3 is 0 Å². The van der Waals surface area contributed by atoms with Crippen molar-refractivity contribution in [2.75, 3.05) is 35.8 Å². The molecule has 12 aromatic rings. The molecule has 0 aliphatic carbocycles. The van der Waals surface area contributed by atoms with E-state index in [1.54, 1.807) is 230 Å². The van der Waals surface area contributed by atoms with Gasteiger partial charge in [0.05, 0.1) is 98.5 Å². The quantitative estimate of drug-likeness (QED) is 0.0332. The van der Waals surface area contributed by atoms with Crippen molar-refractivity contribution in [3.8, 4) is 85.3 Å². The molecule has 0 bridgehead atoms. The molecule has 0 aliphatic heterocycles. The molecule has 502 valence electrons. The summed E-state index contributed by atoms with van der Waals surface area (Å²) < 4.78 is 21.4. The molecule has 98 heavy (non-hydrogen) atoms. The monoisotopic (exact) mass is 1320 g/mol. The number of aromatic amines is 2. The number of aryl methyl sites for hydroxylation is 4. The highest BCUT2D eigenvalue weighted by molar-refractivity contribution is 6.06. The van der Waals surface area contributed by atoms with Crippen LogP contribution in [0.5, 0.6) is 17.2 Å². The van der Waals surface area contributed by atoms with Gasteiger partial charge < -0.3 is 45.5 Å². The van der Waals surface area contributed by atoms with E-state index in [4.69, 9.17) is 14.2 Å². The van der Waals surface area contributed by atoms with Crippen molar-refractivity contribution in [1.29, 1.82) is 0 Å². The molecule has 3 amide bonds. The van der Waals surface area contributed by atoms with Crippen LogP contribution in [0.25, 0.3) is 68.1 Å². The minimum Gasteiger partial charge on any atom is -0.489 e. The molecule has 0 fully saturated rings. The molecular formula is C69H72N20O9. The lowest BCUT2D eigenvalue weighted by atomic mass is 10.1. The molecule has 0 aliphatic rings. The smallest absolute Gasteiger partial charge is 0.274 e. The number of nitrogens with zero attached hydrogens (tertiary/aromatic N) is 15. The molecule has 0 saturated carbocycles. The van der Waals surface area contributed by atoms with Crippen LogP contribution < -0.4 is 30.2 Å². The SMILES string of the molecule is Cc1cncc(-c2cccc(C(=O)Nc3cn(C)nc3-c3ccc(OCC(C)(C)O)cn3)n2)c1.Cn1cc(NC(=O)c2cccc(-c3ccn[nH]3)n2)c(-c2ccc(OCC(C)(C)O)cn2)n1.Cn1cc(NC(=O)c2cccc(-c3cn[nH]c3)n2)c(-c2ccc(OCC(C)(C)O)cn2)n1. The summed E-state index contributed by atoms with van der Waals surface area (Å²) in [4.78, 5) is 69.5. The summed E-state index contributed by atoms with van der Waals surface area (Å²) in [5.41, 5.74) is 8.01. The lowest BCUT2D eigenvalue weighted by molar-refractivity contribution is 0.0281. The number of anilines is 3. The van der Waals surface area contributed by atoms with Crippen molar-refractivity contribution >= 4 is 34.8 Å². The first-order chi connectivity index (χ1) is 46.7. The molecule has 12 aromatic heterocycles. The number of aliphatic hydroxyl groups is 3. The summed E-state index contributed by atoms with van der Waals surface area (Å²) in [7, 11) is 5.29. The number of rotatable bonds is 21. The fourth-order valence-corrected chi connectivity index (χ4v) is 9.10. The van der Waals surface area contributed by atoms with Gasteiger partial charge in [-0.3, -0.25) is 58.6 Å². The molecule has 0 unspecified atom stereocenters. The second-order valence-corrected chi connectivity index (χ2v) is 24.4. The Hall–Kier alpha value is -12.2. The number of hydrogen-bond acceptors (Lipinski definition) is 21. The number of aromatic nitrogens is 17. The third kappa shape index (κ3) is 19.0. The van der Waals surface area contributed by atoms with E-state index in [9.17, 15) is 29.7 Å². The van der Waals surface area contributed by atoms with Crippen LogP contribution in [0.1, 0.15) is 78.6 Å². The highest BCUT2D eigenvalue weighted by Crippen LogP contribution is 2.31. The molecule has 8 N–H and O–H groups in total. The minimum atomic E-state index is -0.946. The first-order valence-corrected chi connectivity index (χ1v) is 30.6. The van der Waals surface area contributed by atoms with Crippen LogP contribution >= 0.6 is 0 Å². The lowest BCUT2D eigenvalue weighted by Gasteiger charge is -2.17. The number of carbonyl (C=O) groups excluding carboxylic acids is 3. The summed E-state index contributed by atoms with van der Waals surface area (Å²) in [6, 6.07) is 29.9. The average molecular weight is 1330 g/mol. The Morgan fingerprint density at radius 2 is 0.867 bits per heavy atom. The van der Waals surface area contributed by atoms with E-state index in [-0.39, 0.29) is 54.6 Å². The van der Waals surface area contributed by atoms with Crippen LogP contribution in [0.3, 0.4) is 0 Å². The van der Waals surface area contributed by atoms with Crippen LogP contribution in [0.4, 0.5) is 17.1 Å². The van der Waals surface area contributed by atoms with Gasteiger partial charge in [-0.05, 0) is 139 Å². The van der Waals surface area contributed by atoms with E-state index in [2.05, 4.69) is 86.5 Å². The fourth-order valence-electron chi connectivity index (χ4n) is 9.10. The third-order valence-electron chi connectivity index (χ3n) is 13.6. The molecule has 12 heterocycles. The first-order valence-electron chi connectivity index (χ1n) is 30.6. The molecule has 0 atom stereocenters. The van der Waals surface area contributed by atoms with Crippen molar-refractivity contribution in [2.24, 2.45) is 21.1 Å². The number of carbonyl (C=O) groups is 3. The van der Waals surface area contributed by atoms with Crippen LogP contribution in [-0.2, 0) is 21.1 Å². The molecule has 0 aromatic carbocycles. The molecule has 0 saturated heterocycles. The predicted molar refractivity (Wildman–Crippen MR) is 364 cm³/mol. The Labute approximate surface area is 562 Å². The number of ether oxygens (including phenoxy) is 3. The van der Waals surface area contributed by atoms with Gasteiger partial charge in [0.25, 0.3) is 17.7 Å². The van der Waals surface area contributed by atoms with Gasteiger partial charge in [-0.2, -0.15) is 25.5 Å². The second kappa shape index (κ2) is 30.0. The van der Waals surface area contributed by atoms with Crippen molar-refractivity contribution < 1.29 is 43.9 Å². The molecule has 29 heteroatoms. The summed E-state index contributed by atoms with van der Waals surface area (Å²) in [5, 5.41) is 64.7. The Balaban J connectivity index is 0.000000159. The Morgan fingerprint density at radius 3 is 1.21 bits per heavy atom. The van der Waals surface area contributed by atoms with E-state index < -0.39 is 16.8 Å². The van der Waals surface area contributed by atoms with Crippen molar-refractivity contribution in [3.05, 3.63) is 194 Å². The Kier molecular flexibility index (Phi) is 21.0. The summed E-state index contributed by atoms with van der Waals surface area (Å²) >= 11 is 0. The zero-order valence-corrected chi connectivity index (χ0v) is 55.3. The van der Waals surface area contributed by atoms with Crippen LogP contribution in [-0.4, -0.2) is 154 Å². The van der Waals surface area contributed by atoms with E-state index in [0.29, 0.717) is 85.6 Å². The van der Waals surface area contributed by atoms with Gasteiger partial charge in [0, 0.05) is 75.6 Å². The van der Waals surface area contributed by atoms with Crippen LogP contribution in [0, 0.1) is 6.92 Å². The fraction of sp³-hybridized carbons (Fsp3) is 0.232. The molecule has 12 rings (SSSR count). The largest absolute Gasteiger partial charge is 0.489 e. The molecule has 0 spiro atoms. The van der Waals surface area contributed by atoms with Gasteiger partial charge in [-0.25, -0.2) is 15.0 Å². The summed E-state index contributed by atoms with van der Waals surface area (Å²) in [6.07, 6.45) is 18.2. The minimum absolute atomic E-state index is 0.142. The summed E-state index contributed by atoms with van der Waals surface area (Å²) in [6.45, 7) is 12.4. The Bertz CT molecular complexity index is 4470. The lowest BCUT2D eigenvalue weighted by Crippen LogP contribution is -2.27. The second-order valence-electron chi connectivity index (χ2n) is 24.4. The third-order valence-corrected chi connectivity index (χ3v) is 13.6. The normalized spacial score (nSPS) is 11.4. The average Bonchev–Trinajstić information content (AvgIpc) is 1.71. The zero-order chi connectivity index (χ0) is 69.7. The van der Waals surface area contributed by atoms with Gasteiger partial charge in [-0.1, -0.05) is 18.2 Å². The molecular weight excluding hydrogens is 1250 g/mol. The van der Waals surface area contributed by atoms with E-state index in [1.807, 2.05) is 25.1 Å². The number of H-pyrrole nitrogens is 2. The van der Waals surface area contributed by atoms with Crippen molar-refractivity contribution in [2.45, 2.75) is 65.3 Å². The number of hydrogen-bond donors (Lipinski definition) is 8. The standard InChI is InChI=1S/C25H26N6O3.2C22H23N7O3/c1-16-10-17(12-26-11-16)19-6-5-7-21(28-19)24(32)29-22-14-31(4)30-23(22)20-9-8-18(13-27-20)34-15-25(2,3)33;1-22(2,31)13-32-15-7-8-17(23-11-15)20-19(12-29(3)28-20)27-21(30)18-6-4-5-16(26-18)14-9-24-25-10-14;1-22(2,31)13-32-14-7-8-17(23-11-14)20-19(12-29(3)28-20)26-21(30)18-6-4-5-15(25-18)16-9-10-24-27-16/h5-14,33H,15H2,1-4H3,(H,29,32);4-12,31H,13H2,1-3H3,(H,24,25)(H,27,30);4-12,31H,13H2,1-3H3,(H,24,27)(H,26,30). The van der Waals surface area contributed by atoms with Crippen molar-refractivity contribution in [1.82, 2.24) is 84.6 Å².